The molecule has 100 valence electrons. The lowest BCUT2D eigenvalue weighted by Crippen LogP contribution is -2.29. The van der Waals surface area contributed by atoms with Gasteiger partial charge in [-0.15, -0.1) is 0 Å². The third kappa shape index (κ3) is 2.16. The molecule has 2 saturated heterocycles. The first-order chi connectivity index (χ1) is 9.19. The molecule has 1 aromatic rings. The number of hydrogen-bond donors (Lipinski definition) is 1. The summed E-state index contributed by atoms with van der Waals surface area (Å²) in [5.41, 5.74) is 1.36. The number of ether oxygens (including phenoxy) is 1. The summed E-state index contributed by atoms with van der Waals surface area (Å²) in [5.74, 6) is -0.676. The fraction of sp³-hybridized carbons (Fsp3) is 0.467. The summed E-state index contributed by atoms with van der Waals surface area (Å²) in [6.45, 7) is 0. The van der Waals surface area contributed by atoms with Crippen LogP contribution < -0.4 is 0 Å². The number of fused-ring (bicyclic) bond motifs is 2. The number of benzene rings is 1. The lowest BCUT2D eigenvalue weighted by atomic mass is 9.77. The zero-order valence-electron chi connectivity index (χ0n) is 10.5. The number of aldehydes is 1. The van der Waals surface area contributed by atoms with Gasteiger partial charge in [0.05, 0.1) is 17.8 Å². The van der Waals surface area contributed by atoms with Crippen molar-refractivity contribution in [2.45, 2.75) is 31.5 Å². The summed E-state index contributed by atoms with van der Waals surface area (Å²) < 4.78 is 5.80. The molecule has 0 aromatic heterocycles. The van der Waals surface area contributed by atoms with Gasteiger partial charge in [-0.2, -0.15) is 0 Å². The van der Waals surface area contributed by atoms with E-state index in [4.69, 9.17) is 9.84 Å². The van der Waals surface area contributed by atoms with E-state index in [0.717, 1.165) is 31.1 Å². The highest BCUT2D eigenvalue weighted by Crippen LogP contribution is 2.43. The summed E-state index contributed by atoms with van der Waals surface area (Å²) in [6, 6.07) is 6.89. The van der Waals surface area contributed by atoms with E-state index in [0.29, 0.717) is 5.56 Å². The highest BCUT2D eigenvalue weighted by molar-refractivity contribution is 5.87. The van der Waals surface area contributed by atoms with Crippen LogP contribution in [-0.2, 0) is 16.0 Å². The Bertz CT molecular complexity index is 493. The number of aromatic carboxylic acids is 1. The first kappa shape index (κ1) is 12.4. The lowest BCUT2D eigenvalue weighted by Gasteiger charge is -2.23. The smallest absolute Gasteiger partial charge is 0.335 e. The fourth-order valence-electron chi connectivity index (χ4n) is 3.32. The average molecular weight is 260 g/mol. The maximum absolute atomic E-state index is 11.2. The van der Waals surface area contributed by atoms with Gasteiger partial charge in [0.2, 0.25) is 0 Å². The molecule has 1 unspecified atom stereocenters. The summed E-state index contributed by atoms with van der Waals surface area (Å²) in [4.78, 5) is 22.0. The third-order valence-corrected chi connectivity index (χ3v) is 4.32. The molecule has 2 heterocycles. The number of carbonyl (C=O) groups excluding carboxylic acids is 1. The van der Waals surface area contributed by atoms with E-state index in [1.165, 1.54) is 0 Å². The fourth-order valence-corrected chi connectivity index (χ4v) is 3.32. The maximum Gasteiger partial charge on any atom is 0.335 e. The molecule has 0 amide bonds. The van der Waals surface area contributed by atoms with Crippen LogP contribution in [-0.4, -0.2) is 29.6 Å². The van der Waals surface area contributed by atoms with E-state index < -0.39 is 5.97 Å². The molecule has 1 aromatic carbocycles. The van der Waals surface area contributed by atoms with Crippen LogP contribution in [0.15, 0.2) is 24.3 Å². The van der Waals surface area contributed by atoms with Crippen molar-refractivity contribution in [2.24, 2.45) is 11.8 Å². The topological polar surface area (TPSA) is 63.6 Å². The maximum atomic E-state index is 11.2. The molecule has 4 atom stereocenters. The number of carboxylic acids is 1. The Morgan fingerprint density at radius 3 is 2.58 bits per heavy atom. The predicted octanol–water partition coefficient (Wildman–Crippen LogP) is 1.92. The summed E-state index contributed by atoms with van der Waals surface area (Å²) in [6.07, 6.45) is 4.13. The Hall–Kier alpha value is -1.68. The van der Waals surface area contributed by atoms with Crippen molar-refractivity contribution in [1.82, 2.24) is 0 Å². The first-order valence-electron chi connectivity index (χ1n) is 6.62. The van der Waals surface area contributed by atoms with Gasteiger partial charge in [-0.05, 0) is 37.0 Å². The van der Waals surface area contributed by atoms with Gasteiger partial charge in [0, 0.05) is 11.8 Å². The Kier molecular flexibility index (Phi) is 3.11. The molecular formula is C15H16O4. The van der Waals surface area contributed by atoms with E-state index in [-0.39, 0.29) is 24.0 Å². The van der Waals surface area contributed by atoms with Crippen molar-refractivity contribution < 1.29 is 19.4 Å². The minimum Gasteiger partial charge on any atom is -0.478 e. The molecule has 0 spiro atoms. The number of hydrogen-bond acceptors (Lipinski definition) is 3. The number of carboxylic acid groups (broad SMARTS) is 1. The number of carbonyl (C=O) groups is 2. The predicted molar refractivity (Wildman–Crippen MR) is 68.0 cm³/mol. The number of rotatable bonds is 4. The molecule has 4 heteroatoms. The standard InChI is InChI=1S/C15H16O4/c16-8-12-11(13-5-6-14(12)19-13)7-9-1-3-10(4-2-9)15(17)18/h1-4,8,11-14H,5-7H2,(H,17,18)/t11-,12+,13?,14+/m1/s1. The van der Waals surface area contributed by atoms with E-state index in [2.05, 4.69) is 0 Å². The van der Waals surface area contributed by atoms with Gasteiger partial charge in [-0.25, -0.2) is 4.79 Å². The molecule has 2 aliphatic rings. The zero-order valence-corrected chi connectivity index (χ0v) is 10.5. The second-order valence-corrected chi connectivity index (χ2v) is 5.37. The molecule has 3 rings (SSSR count). The van der Waals surface area contributed by atoms with Crippen LogP contribution >= 0.6 is 0 Å². The van der Waals surface area contributed by atoms with Gasteiger partial charge >= 0.3 is 5.97 Å². The summed E-state index contributed by atoms with van der Waals surface area (Å²) in [7, 11) is 0. The van der Waals surface area contributed by atoms with Crippen LogP contribution in [0.2, 0.25) is 0 Å². The average Bonchev–Trinajstić information content (AvgIpc) is 3.00. The van der Waals surface area contributed by atoms with Crippen LogP contribution in [0.5, 0.6) is 0 Å². The van der Waals surface area contributed by atoms with Crippen LogP contribution in [0.1, 0.15) is 28.8 Å². The monoisotopic (exact) mass is 260 g/mol. The molecule has 0 aliphatic carbocycles. The Morgan fingerprint density at radius 2 is 1.95 bits per heavy atom. The van der Waals surface area contributed by atoms with Crippen molar-refractivity contribution in [2.75, 3.05) is 0 Å². The van der Waals surface area contributed by atoms with Crippen LogP contribution in [0.25, 0.3) is 0 Å². The van der Waals surface area contributed by atoms with Gasteiger partial charge in [-0.1, -0.05) is 12.1 Å². The van der Waals surface area contributed by atoms with Crippen LogP contribution in [0.3, 0.4) is 0 Å². The third-order valence-electron chi connectivity index (χ3n) is 4.32. The molecule has 19 heavy (non-hydrogen) atoms. The van der Waals surface area contributed by atoms with Crippen molar-refractivity contribution in [3.05, 3.63) is 35.4 Å². The molecule has 1 N–H and O–H groups in total. The summed E-state index contributed by atoms with van der Waals surface area (Å²) in [5, 5.41) is 8.86. The van der Waals surface area contributed by atoms with Crippen molar-refractivity contribution in [3.8, 4) is 0 Å². The normalized spacial score (nSPS) is 32.4. The largest absolute Gasteiger partial charge is 0.478 e. The molecule has 2 bridgehead atoms. The van der Waals surface area contributed by atoms with Crippen molar-refractivity contribution in [1.29, 1.82) is 0 Å². The minimum atomic E-state index is -0.916. The molecule has 0 saturated carbocycles. The second-order valence-electron chi connectivity index (χ2n) is 5.37. The van der Waals surface area contributed by atoms with Gasteiger partial charge in [-0.3, -0.25) is 0 Å². The van der Waals surface area contributed by atoms with E-state index in [1.807, 2.05) is 12.1 Å². The van der Waals surface area contributed by atoms with Crippen LogP contribution in [0.4, 0.5) is 0 Å². The van der Waals surface area contributed by atoms with Gasteiger partial charge in [0.1, 0.15) is 6.29 Å². The molecule has 2 fully saturated rings. The molecule has 2 aliphatic heterocycles. The Labute approximate surface area is 111 Å². The molecule has 4 nitrogen and oxygen atoms in total. The van der Waals surface area contributed by atoms with E-state index >= 15 is 0 Å². The van der Waals surface area contributed by atoms with Gasteiger partial charge in [0.15, 0.2) is 0 Å². The Balaban J connectivity index is 1.74. The highest BCUT2D eigenvalue weighted by Gasteiger charge is 2.48. The molecule has 0 radical (unpaired) electrons. The SMILES string of the molecule is O=C[C@@H]1[C@@H]2CCC(O2)[C@@H]1Cc1ccc(C(=O)O)cc1. The minimum absolute atomic E-state index is 0.00194. The quantitative estimate of drug-likeness (QED) is 0.840. The molecular weight excluding hydrogens is 244 g/mol. The van der Waals surface area contributed by atoms with Gasteiger partial charge < -0.3 is 14.6 Å². The van der Waals surface area contributed by atoms with E-state index in [9.17, 15) is 9.59 Å². The van der Waals surface area contributed by atoms with Crippen molar-refractivity contribution >= 4 is 12.3 Å². The first-order valence-corrected chi connectivity index (χ1v) is 6.62. The lowest BCUT2D eigenvalue weighted by molar-refractivity contribution is -0.113. The van der Waals surface area contributed by atoms with Crippen LogP contribution in [0, 0.1) is 11.8 Å². The van der Waals surface area contributed by atoms with Gasteiger partial charge in [0.25, 0.3) is 0 Å². The second kappa shape index (κ2) is 4.78. The Morgan fingerprint density at radius 1 is 1.26 bits per heavy atom. The zero-order chi connectivity index (χ0) is 13.4. The van der Waals surface area contributed by atoms with Crippen molar-refractivity contribution in [3.63, 3.8) is 0 Å². The summed E-state index contributed by atoms with van der Waals surface area (Å²) >= 11 is 0. The van der Waals surface area contributed by atoms with E-state index in [1.54, 1.807) is 12.1 Å². The highest BCUT2D eigenvalue weighted by atomic mass is 16.5.